The summed E-state index contributed by atoms with van der Waals surface area (Å²) in [5.41, 5.74) is 0.266. The maximum Gasteiger partial charge on any atom is 0.333 e. The molecule has 0 aromatic heterocycles. The van der Waals surface area contributed by atoms with Crippen LogP contribution in [0.15, 0.2) is 11.6 Å². The second kappa shape index (κ2) is 10.0. The molecule has 0 amide bonds. The highest BCUT2D eigenvalue weighted by Crippen LogP contribution is 2.29. The molecular weight excluding hydrogens is 364 g/mol. The Kier molecular flexibility index (Phi) is 8.72. The predicted molar refractivity (Wildman–Crippen MR) is 93.8 cm³/mol. The van der Waals surface area contributed by atoms with Crippen LogP contribution in [0.2, 0.25) is 0 Å². The number of carbonyl (C=O) groups is 2. The van der Waals surface area contributed by atoms with E-state index in [1.54, 1.807) is 6.92 Å². The van der Waals surface area contributed by atoms with Crippen molar-refractivity contribution in [1.29, 1.82) is 0 Å². The molecule has 1 rings (SSSR count). The summed E-state index contributed by atoms with van der Waals surface area (Å²) < 4.78 is 44.7. The maximum absolute atomic E-state index is 12.1. The molecule has 26 heavy (non-hydrogen) atoms. The fraction of sp³-hybridized carbons (Fsp3) is 0.765. The summed E-state index contributed by atoms with van der Waals surface area (Å²) in [7, 11) is -3.84. The lowest BCUT2D eigenvalue weighted by atomic mass is 9.91. The molecular formula is C17H28O8S. The van der Waals surface area contributed by atoms with Crippen molar-refractivity contribution in [3.63, 3.8) is 0 Å². The van der Waals surface area contributed by atoms with Crippen LogP contribution in [-0.2, 0) is 38.1 Å². The van der Waals surface area contributed by atoms with Crippen LogP contribution in [0.1, 0.15) is 47.0 Å². The molecule has 150 valence electrons. The van der Waals surface area contributed by atoms with Crippen LogP contribution in [0.25, 0.3) is 0 Å². The Labute approximate surface area is 154 Å². The summed E-state index contributed by atoms with van der Waals surface area (Å²) in [6, 6.07) is 0. The van der Waals surface area contributed by atoms with Crippen LogP contribution in [0.3, 0.4) is 0 Å². The van der Waals surface area contributed by atoms with Gasteiger partial charge in [-0.25, -0.2) is 4.79 Å². The van der Waals surface area contributed by atoms with Crippen molar-refractivity contribution >= 4 is 22.1 Å². The summed E-state index contributed by atoms with van der Waals surface area (Å²) in [6.45, 7) is 6.94. The van der Waals surface area contributed by atoms with Gasteiger partial charge in [0.15, 0.2) is 0 Å². The van der Waals surface area contributed by atoms with Gasteiger partial charge in [0.1, 0.15) is 18.3 Å². The molecule has 8 nitrogen and oxygen atoms in total. The van der Waals surface area contributed by atoms with Crippen LogP contribution >= 0.6 is 0 Å². The minimum Gasteiger partial charge on any atom is -0.463 e. The van der Waals surface area contributed by atoms with E-state index in [-0.39, 0.29) is 24.7 Å². The fourth-order valence-electron chi connectivity index (χ4n) is 2.74. The number of hydrogen-bond donors (Lipinski definition) is 0. The summed E-state index contributed by atoms with van der Waals surface area (Å²) in [4.78, 5) is 23.6. The van der Waals surface area contributed by atoms with Gasteiger partial charge in [-0.1, -0.05) is 13.8 Å². The molecule has 1 aliphatic carbocycles. The van der Waals surface area contributed by atoms with Gasteiger partial charge < -0.3 is 14.2 Å². The average molecular weight is 392 g/mol. The minimum atomic E-state index is -3.84. The van der Waals surface area contributed by atoms with Crippen LogP contribution in [0.5, 0.6) is 0 Å². The number of carbonyl (C=O) groups excluding carboxylic acids is 2. The zero-order chi connectivity index (χ0) is 19.9. The molecule has 0 spiro atoms. The normalized spacial score (nSPS) is 23.5. The minimum absolute atomic E-state index is 0.0125. The Morgan fingerprint density at radius 3 is 2.31 bits per heavy atom. The first kappa shape index (κ1) is 22.6. The van der Waals surface area contributed by atoms with E-state index < -0.39 is 40.4 Å². The molecule has 0 saturated heterocycles. The standard InChI is InChI=1S/C17H28O8S/c1-6-13(7-2)24-15-10-12(17(19)22-8-3)9-14(23-11(4)18)16(15)25-26(5,20)21/h10,13-16H,6-9H2,1-5H3/t14-,15+,16+/m1/s1. The van der Waals surface area contributed by atoms with E-state index in [1.165, 1.54) is 13.0 Å². The Balaban J connectivity index is 3.26. The van der Waals surface area contributed by atoms with Gasteiger partial charge in [-0.05, 0) is 25.8 Å². The highest BCUT2D eigenvalue weighted by molar-refractivity contribution is 7.86. The molecule has 0 aromatic rings. The number of rotatable bonds is 9. The summed E-state index contributed by atoms with van der Waals surface area (Å²) in [6.07, 6.45) is 0.704. The van der Waals surface area contributed by atoms with Crippen LogP contribution in [0.4, 0.5) is 0 Å². The van der Waals surface area contributed by atoms with E-state index in [0.717, 1.165) is 6.26 Å². The van der Waals surface area contributed by atoms with Crippen molar-refractivity contribution in [2.24, 2.45) is 0 Å². The van der Waals surface area contributed by atoms with Gasteiger partial charge in [-0.3, -0.25) is 8.98 Å². The number of ether oxygens (including phenoxy) is 3. The number of esters is 2. The van der Waals surface area contributed by atoms with Crippen molar-refractivity contribution in [3.8, 4) is 0 Å². The van der Waals surface area contributed by atoms with Gasteiger partial charge >= 0.3 is 11.9 Å². The molecule has 0 N–H and O–H groups in total. The van der Waals surface area contributed by atoms with Crippen molar-refractivity contribution < 1.29 is 36.4 Å². The van der Waals surface area contributed by atoms with E-state index in [2.05, 4.69) is 0 Å². The van der Waals surface area contributed by atoms with Crippen molar-refractivity contribution in [2.45, 2.75) is 71.4 Å². The molecule has 3 atom stereocenters. The Hall–Kier alpha value is -1.45. The summed E-state index contributed by atoms with van der Waals surface area (Å²) >= 11 is 0. The van der Waals surface area contributed by atoms with Crippen LogP contribution < -0.4 is 0 Å². The molecule has 0 bridgehead atoms. The molecule has 0 aliphatic heterocycles. The van der Waals surface area contributed by atoms with Crippen LogP contribution in [0, 0.1) is 0 Å². The van der Waals surface area contributed by atoms with E-state index in [9.17, 15) is 18.0 Å². The molecule has 0 unspecified atom stereocenters. The van der Waals surface area contributed by atoms with Crippen molar-refractivity contribution in [1.82, 2.24) is 0 Å². The first-order valence-corrected chi connectivity index (χ1v) is 10.5. The quantitative estimate of drug-likeness (QED) is 0.431. The lowest BCUT2D eigenvalue weighted by Gasteiger charge is -2.36. The molecule has 0 radical (unpaired) electrons. The highest BCUT2D eigenvalue weighted by atomic mass is 32.2. The summed E-state index contributed by atoms with van der Waals surface area (Å²) in [5.74, 6) is -1.16. The third-order valence-electron chi connectivity index (χ3n) is 3.88. The van der Waals surface area contributed by atoms with E-state index in [0.29, 0.717) is 12.8 Å². The SMILES string of the molecule is CCOC(=O)C1=C[C@H](OC(CC)CC)[C@@H](OS(C)(=O)=O)[C@H](OC(C)=O)C1. The molecule has 0 saturated carbocycles. The fourth-order valence-corrected chi connectivity index (χ4v) is 3.38. The topological polar surface area (TPSA) is 105 Å². The molecule has 0 aromatic carbocycles. The lowest BCUT2D eigenvalue weighted by Crippen LogP contribution is -2.48. The lowest BCUT2D eigenvalue weighted by molar-refractivity contribution is -0.160. The highest BCUT2D eigenvalue weighted by Gasteiger charge is 2.42. The molecule has 1 aliphatic rings. The van der Waals surface area contributed by atoms with E-state index >= 15 is 0 Å². The predicted octanol–water partition coefficient (Wildman–Crippen LogP) is 1.73. The third kappa shape index (κ3) is 7.05. The smallest absolute Gasteiger partial charge is 0.333 e. The largest absolute Gasteiger partial charge is 0.463 e. The maximum atomic E-state index is 12.1. The first-order chi connectivity index (χ1) is 12.1. The van der Waals surface area contributed by atoms with Gasteiger partial charge in [0.05, 0.1) is 19.0 Å². The van der Waals surface area contributed by atoms with Gasteiger partial charge in [0.2, 0.25) is 0 Å². The van der Waals surface area contributed by atoms with E-state index in [1.807, 2.05) is 13.8 Å². The van der Waals surface area contributed by atoms with Crippen molar-refractivity contribution in [3.05, 3.63) is 11.6 Å². The molecule has 0 heterocycles. The average Bonchev–Trinajstić information content (AvgIpc) is 2.53. The van der Waals surface area contributed by atoms with Crippen LogP contribution in [-0.4, -0.2) is 57.6 Å². The van der Waals surface area contributed by atoms with Gasteiger partial charge in [-0.2, -0.15) is 8.42 Å². The van der Waals surface area contributed by atoms with Gasteiger partial charge in [0.25, 0.3) is 10.1 Å². The Morgan fingerprint density at radius 1 is 1.23 bits per heavy atom. The second-order valence-corrected chi connectivity index (χ2v) is 7.67. The van der Waals surface area contributed by atoms with Gasteiger partial charge in [-0.15, -0.1) is 0 Å². The zero-order valence-electron chi connectivity index (χ0n) is 15.9. The Morgan fingerprint density at radius 2 is 1.85 bits per heavy atom. The molecule has 9 heteroatoms. The van der Waals surface area contributed by atoms with E-state index in [4.69, 9.17) is 18.4 Å². The Bertz CT molecular complexity index is 621. The zero-order valence-corrected chi connectivity index (χ0v) is 16.7. The third-order valence-corrected chi connectivity index (χ3v) is 4.45. The first-order valence-electron chi connectivity index (χ1n) is 8.69. The van der Waals surface area contributed by atoms with Crippen molar-refractivity contribution in [2.75, 3.05) is 12.9 Å². The second-order valence-electron chi connectivity index (χ2n) is 6.07. The van der Waals surface area contributed by atoms with Gasteiger partial charge in [0, 0.05) is 18.9 Å². The summed E-state index contributed by atoms with van der Waals surface area (Å²) in [5, 5.41) is 0. The molecule has 0 fully saturated rings. The monoisotopic (exact) mass is 392 g/mol. The number of hydrogen-bond acceptors (Lipinski definition) is 8.